The van der Waals surface area contributed by atoms with Crippen LogP contribution in [0.1, 0.15) is 30.1 Å². The third-order valence-corrected chi connectivity index (χ3v) is 7.08. The fraction of sp³-hybridized carbons (Fsp3) is 0.280. The van der Waals surface area contributed by atoms with Crippen LogP contribution in [-0.4, -0.2) is 35.8 Å². The van der Waals surface area contributed by atoms with Crippen LogP contribution in [0.15, 0.2) is 58.5 Å². The normalized spacial score (nSPS) is 11.9. The molecule has 0 radical (unpaired) electrons. The van der Waals surface area contributed by atoms with E-state index in [1.54, 1.807) is 29.3 Å². The summed E-state index contributed by atoms with van der Waals surface area (Å²) in [5.74, 6) is 1.09. The molecular formula is C25H27ClN6O3S. The first-order valence-electron chi connectivity index (χ1n) is 11.3. The molecule has 36 heavy (non-hydrogen) atoms. The van der Waals surface area contributed by atoms with Gasteiger partial charge in [0.15, 0.2) is 17.1 Å². The zero-order chi connectivity index (χ0) is 26.0. The lowest BCUT2D eigenvalue weighted by molar-refractivity contribution is -0.113. The number of aromatic nitrogens is 5. The number of benzene rings is 2. The second kappa shape index (κ2) is 10.6. The summed E-state index contributed by atoms with van der Waals surface area (Å²) in [6.45, 7) is 5.60. The van der Waals surface area contributed by atoms with Gasteiger partial charge in [0.1, 0.15) is 11.4 Å². The van der Waals surface area contributed by atoms with Crippen LogP contribution >= 0.6 is 23.4 Å². The molecule has 9 nitrogen and oxygen atoms in total. The Morgan fingerprint density at radius 1 is 1.14 bits per heavy atom. The van der Waals surface area contributed by atoms with Gasteiger partial charge in [0.25, 0.3) is 5.56 Å². The molecule has 0 saturated carbocycles. The maximum atomic E-state index is 13.0. The Bertz CT molecular complexity index is 1460. The number of ether oxygens (including phenoxy) is 1. The van der Waals surface area contributed by atoms with Gasteiger partial charge in [0, 0.05) is 19.1 Å². The fourth-order valence-electron chi connectivity index (χ4n) is 3.81. The van der Waals surface area contributed by atoms with E-state index in [-0.39, 0.29) is 29.0 Å². The monoisotopic (exact) mass is 526 g/mol. The molecule has 0 aliphatic carbocycles. The Hall–Kier alpha value is -3.50. The summed E-state index contributed by atoms with van der Waals surface area (Å²) < 4.78 is 11.1. The third-order valence-electron chi connectivity index (χ3n) is 5.82. The molecule has 11 heteroatoms. The molecule has 1 unspecified atom stereocenters. The number of hydrogen-bond donors (Lipinski definition) is 1. The highest BCUT2D eigenvalue weighted by atomic mass is 35.5. The Labute approximate surface area is 218 Å². The minimum absolute atomic E-state index is 0.0661. The number of carbonyl (C=O) groups is 1. The summed E-state index contributed by atoms with van der Waals surface area (Å²) in [7, 11) is 3.61. The molecule has 1 N–H and O–H groups in total. The molecule has 0 fully saturated rings. The minimum Gasteiger partial charge on any atom is -0.482 e. The standard InChI is InChI=1S/C25H27ClN6O3S/c1-15-13-18(26)11-12-20(15)35-17(3)23-28-29-25(30(23)4)36-14-21(33)27-22-16(2)31(5)32(24(22)34)19-9-7-6-8-10-19/h6-13,17H,14H2,1-5H3,(H,27,33). The first kappa shape index (κ1) is 25.6. The maximum Gasteiger partial charge on any atom is 0.295 e. The molecular weight excluding hydrogens is 500 g/mol. The van der Waals surface area contributed by atoms with Crippen molar-refractivity contribution in [3.8, 4) is 11.4 Å². The van der Waals surface area contributed by atoms with Crippen molar-refractivity contribution in [2.45, 2.75) is 32.0 Å². The molecule has 2 aromatic heterocycles. The molecule has 0 saturated heterocycles. The molecule has 4 rings (SSSR count). The Kier molecular flexibility index (Phi) is 7.56. The summed E-state index contributed by atoms with van der Waals surface area (Å²) in [6.07, 6.45) is -0.367. The number of anilines is 1. The number of nitrogens with one attached hydrogen (secondary N) is 1. The predicted octanol–water partition coefficient (Wildman–Crippen LogP) is 4.45. The highest BCUT2D eigenvalue weighted by molar-refractivity contribution is 7.99. The lowest BCUT2D eigenvalue weighted by Gasteiger charge is -2.16. The van der Waals surface area contributed by atoms with Crippen LogP contribution in [0.4, 0.5) is 5.69 Å². The van der Waals surface area contributed by atoms with Crippen molar-refractivity contribution in [3.63, 3.8) is 0 Å². The molecule has 2 heterocycles. The van der Waals surface area contributed by atoms with Gasteiger partial charge in [0.05, 0.1) is 17.1 Å². The van der Waals surface area contributed by atoms with Crippen LogP contribution in [0.25, 0.3) is 5.69 Å². The summed E-state index contributed by atoms with van der Waals surface area (Å²) in [5, 5.41) is 12.4. The predicted molar refractivity (Wildman–Crippen MR) is 141 cm³/mol. The zero-order valence-corrected chi connectivity index (χ0v) is 22.2. The molecule has 2 aromatic carbocycles. The fourth-order valence-corrected chi connectivity index (χ4v) is 4.76. The van der Waals surface area contributed by atoms with Crippen molar-refractivity contribution >= 4 is 35.0 Å². The summed E-state index contributed by atoms with van der Waals surface area (Å²) in [4.78, 5) is 25.7. The molecule has 0 aliphatic heterocycles. The molecule has 0 bridgehead atoms. The van der Waals surface area contributed by atoms with E-state index < -0.39 is 0 Å². The van der Waals surface area contributed by atoms with Crippen LogP contribution in [0.3, 0.4) is 0 Å². The van der Waals surface area contributed by atoms with Crippen LogP contribution in [0.5, 0.6) is 5.75 Å². The number of amides is 1. The van der Waals surface area contributed by atoms with E-state index in [2.05, 4.69) is 15.5 Å². The lowest BCUT2D eigenvalue weighted by atomic mass is 10.2. The SMILES string of the molecule is Cc1cc(Cl)ccc1OC(C)c1nnc(SCC(=O)Nc2c(C)n(C)n(-c3ccccc3)c2=O)n1C. The highest BCUT2D eigenvalue weighted by Crippen LogP contribution is 2.28. The first-order chi connectivity index (χ1) is 17.2. The molecule has 4 aromatic rings. The van der Waals surface area contributed by atoms with Crippen LogP contribution in [0.2, 0.25) is 5.02 Å². The van der Waals surface area contributed by atoms with Crippen LogP contribution in [-0.2, 0) is 18.9 Å². The highest BCUT2D eigenvalue weighted by Gasteiger charge is 2.21. The van der Waals surface area contributed by atoms with E-state index in [1.807, 2.05) is 63.4 Å². The first-order valence-corrected chi connectivity index (χ1v) is 12.6. The van der Waals surface area contributed by atoms with E-state index in [9.17, 15) is 9.59 Å². The number of nitrogens with zero attached hydrogens (tertiary/aromatic N) is 5. The number of hydrogen-bond acceptors (Lipinski definition) is 6. The smallest absolute Gasteiger partial charge is 0.295 e. The largest absolute Gasteiger partial charge is 0.482 e. The number of aryl methyl sites for hydroxylation is 1. The van der Waals surface area contributed by atoms with Crippen LogP contribution < -0.4 is 15.6 Å². The average molecular weight is 527 g/mol. The molecule has 188 valence electrons. The number of para-hydroxylation sites is 1. The van der Waals surface area contributed by atoms with E-state index in [4.69, 9.17) is 16.3 Å². The molecule has 1 amide bonds. The maximum absolute atomic E-state index is 13.0. The van der Waals surface area contributed by atoms with Gasteiger partial charge in [-0.1, -0.05) is 41.6 Å². The van der Waals surface area contributed by atoms with E-state index in [1.165, 1.54) is 16.4 Å². The number of carbonyl (C=O) groups excluding carboxylic acids is 1. The Morgan fingerprint density at radius 3 is 2.56 bits per heavy atom. The second-order valence-electron chi connectivity index (χ2n) is 8.34. The van der Waals surface area contributed by atoms with Gasteiger partial charge in [-0.05, 0) is 56.7 Å². The van der Waals surface area contributed by atoms with Gasteiger partial charge in [-0.3, -0.25) is 14.3 Å². The summed E-state index contributed by atoms with van der Waals surface area (Å²) in [6, 6.07) is 14.7. The van der Waals surface area contributed by atoms with Gasteiger partial charge >= 0.3 is 0 Å². The van der Waals surface area contributed by atoms with Gasteiger partial charge in [-0.15, -0.1) is 10.2 Å². The van der Waals surface area contributed by atoms with E-state index >= 15 is 0 Å². The number of halogens is 1. The second-order valence-corrected chi connectivity index (χ2v) is 9.72. The van der Waals surface area contributed by atoms with E-state index in [0.29, 0.717) is 27.4 Å². The zero-order valence-electron chi connectivity index (χ0n) is 20.7. The van der Waals surface area contributed by atoms with Crippen molar-refractivity contribution < 1.29 is 9.53 Å². The van der Waals surface area contributed by atoms with Crippen molar-refractivity contribution in [3.05, 3.63) is 81.0 Å². The average Bonchev–Trinajstić information content (AvgIpc) is 3.32. The van der Waals surface area contributed by atoms with Gasteiger partial charge in [0.2, 0.25) is 5.91 Å². The van der Waals surface area contributed by atoms with Crippen molar-refractivity contribution in [1.82, 2.24) is 24.1 Å². The Balaban J connectivity index is 1.42. The van der Waals surface area contributed by atoms with Gasteiger partial charge < -0.3 is 14.6 Å². The topological polar surface area (TPSA) is 96.0 Å². The van der Waals surface area contributed by atoms with Crippen molar-refractivity contribution in [2.24, 2.45) is 14.1 Å². The van der Waals surface area contributed by atoms with Gasteiger partial charge in [-0.25, -0.2) is 4.68 Å². The van der Waals surface area contributed by atoms with Crippen molar-refractivity contribution in [1.29, 1.82) is 0 Å². The number of rotatable bonds is 8. The molecule has 0 aliphatic rings. The molecule has 1 atom stereocenters. The quantitative estimate of drug-likeness (QED) is 0.341. The van der Waals surface area contributed by atoms with Crippen LogP contribution in [0, 0.1) is 13.8 Å². The van der Waals surface area contributed by atoms with Crippen molar-refractivity contribution in [2.75, 3.05) is 11.1 Å². The Morgan fingerprint density at radius 2 is 1.86 bits per heavy atom. The summed E-state index contributed by atoms with van der Waals surface area (Å²) >= 11 is 7.26. The molecule has 0 spiro atoms. The summed E-state index contributed by atoms with van der Waals surface area (Å²) in [5.41, 5.74) is 2.27. The van der Waals surface area contributed by atoms with Gasteiger partial charge in [-0.2, -0.15) is 0 Å². The number of thioether (sulfide) groups is 1. The lowest BCUT2D eigenvalue weighted by Crippen LogP contribution is -2.23. The third kappa shape index (κ3) is 5.19. The minimum atomic E-state index is -0.367. The van der Waals surface area contributed by atoms with E-state index in [0.717, 1.165) is 11.3 Å².